The first-order valence-corrected chi connectivity index (χ1v) is 8.95. The van der Waals surface area contributed by atoms with Crippen LogP contribution in [0.25, 0.3) is 11.1 Å². The Morgan fingerprint density at radius 1 is 1.23 bits per heavy atom. The predicted octanol–water partition coefficient (Wildman–Crippen LogP) is 3.95. The van der Waals surface area contributed by atoms with Gasteiger partial charge in [0.05, 0.1) is 21.9 Å². The van der Waals surface area contributed by atoms with Gasteiger partial charge in [-0.1, -0.05) is 18.2 Å². The second kappa shape index (κ2) is 6.80. The van der Waals surface area contributed by atoms with Crippen LogP contribution in [0.2, 0.25) is 0 Å². The first-order chi connectivity index (χ1) is 13.8. The van der Waals surface area contributed by atoms with Crippen molar-refractivity contribution in [3.63, 3.8) is 0 Å². The van der Waals surface area contributed by atoms with Crippen molar-refractivity contribution < 1.29 is 18.4 Å². The van der Waals surface area contributed by atoms with Crippen molar-refractivity contribution in [2.45, 2.75) is 20.1 Å². The number of carbonyl (C=O) groups excluding carboxylic acids is 1. The smallest absolute Gasteiger partial charge is 0.251 e. The maximum Gasteiger partial charge on any atom is 0.251 e. The second-order valence-corrected chi connectivity index (χ2v) is 7.00. The van der Waals surface area contributed by atoms with Gasteiger partial charge in [0.25, 0.3) is 5.91 Å². The van der Waals surface area contributed by atoms with Crippen LogP contribution in [0.15, 0.2) is 41.8 Å². The molecule has 0 saturated heterocycles. The Balaban J connectivity index is 1.77. The van der Waals surface area contributed by atoms with Gasteiger partial charge in [0.1, 0.15) is 18.1 Å². The van der Waals surface area contributed by atoms with Crippen LogP contribution >= 0.6 is 11.3 Å². The summed E-state index contributed by atoms with van der Waals surface area (Å²) in [4.78, 5) is 16.6. The minimum Gasteiger partial charge on any atom is -0.496 e. The van der Waals surface area contributed by atoms with Crippen LogP contribution in [0.1, 0.15) is 30.7 Å². The molecule has 6 heteroatoms. The number of methoxy groups -OCH3 is 1. The van der Waals surface area contributed by atoms with E-state index in [2.05, 4.69) is 10.3 Å². The van der Waals surface area contributed by atoms with Crippen LogP contribution in [0.5, 0.6) is 11.5 Å². The Morgan fingerprint density at radius 2 is 2.12 bits per heavy atom. The number of amides is 1. The van der Waals surface area contributed by atoms with Gasteiger partial charge in [-0.3, -0.25) is 4.79 Å². The lowest BCUT2D eigenvalue weighted by molar-refractivity contribution is 0.0966. The molecule has 1 amide bonds. The molecule has 0 atom stereocenters. The standard InChI is InChI=1S/C20H18N2O3S/c1-12-22-14(11-26-12)10-25-19-7-13-9-21-20(23)16(13)8-17(19)15-5-3-4-6-18(15)24-2/h3-8,11H,9-10H2,1-2H3,(H,21,23)/i2D3. The highest BCUT2D eigenvalue weighted by Crippen LogP contribution is 2.39. The van der Waals surface area contributed by atoms with Crippen molar-refractivity contribution in [2.75, 3.05) is 7.04 Å². The number of rotatable bonds is 5. The average molecular weight is 369 g/mol. The zero-order chi connectivity index (χ0) is 20.6. The first kappa shape index (κ1) is 13.4. The monoisotopic (exact) mass is 369 g/mol. The molecule has 0 unspecified atom stereocenters. The van der Waals surface area contributed by atoms with Gasteiger partial charge in [0.2, 0.25) is 0 Å². The number of thiazole rings is 1. The second-order valence-electron chi connectivity index (χ2n) is 5.93. The number of aryl methyl sites for hydroxylation is 1. The summed E-state index contributed by atoms with van der Waals surface area (Å²) in [6, 6.07) is 10.3. The van der Waals surface area contributed by atoms with Gasteiger partial charge in [-0.15, -0.1) is 11.3 Å². The molecular weight excluding hydrogens is 348 g/mol. The van der Waals surface area contributed by atoms with Crippen molar-refractivity contribution in [1.82, 2.24) is 10.3 Å². The molecule has 4 rings (SSSR count). The summed E-state index contributed by atoms with van der Waals surface area (Å²) in [5.74, 6) is 0.560. The van der Waals surface area contributed by atoms with Gasteiger partial charge in [-0.25, -0.2) is 4.98 Å². The highest BCUT2D eigenvalue weighted by atomic mass is 32.1. The summed E-state index contributed by atoms with van der Waals surface area (Å²) in [6.45, 7) is 2.61. The lowest BCUT2D eigenvalue weighted by Crippen LogP contribution is -2.12. The molecule has 1 aromatic heterocycles. The summed E-state index contributed by atoms with van der Waals surface area (Å²) < 4.78 is 33.6. The van der Waals surface area contributed by atoms with Crippen LogP contribution in [-0.4, -0.2) is 17.9 Å². The molecule has 0 saturated carbocycles. The molecule has 26 heavy (non-hydrogen) atoms. The molecule has 0 aliphatic carbocycles. The molecule has 0 spiro atoms. The first-order valence-electron chi connectivity index (χ1n) is 9.57. The van der Waals surface area contributed by atoms with Crippen LogP contribution in [0.3, 0.4) is 0 Å². The van der Waals surface area contributed by atoms with E-state index in [4.69, 9.17) is 13.6 Å². The Bertz CT molecular complexity index is 1080. The number of para-hydroxylation sites is 1. The van der Waals surface area contributed by atoms with Crippen molar-refractivity contribution in [3.05, 3.63) is 63.6 Å². The third kappa shape index (κ3) is 3.04. The average Bonchev–Trinajstić information content (AvgIpc) is 3.24. The van der Waals surface area contributed by atoms with Gasteiger partial charge in [0, 0.05) is 28.6 Å². The van der Waals surface area contributed by atoms with Gasteiger partial charge in [-0.2, -0.15) is 0 Å². The number of benzene rings is 2. The quantitative estimate of drug-likeness (QED) is 0.740. The highest BCUT2D eigenvalue weighted by molar-refractivity contribution is 7.09. The number of aromatic nitrogens is 1. The van der Waals surface area contributed by atoms with Crippen LogP contribution in [0, 0.1) is 6.92 Å². The van der Waals surface area contributed by atoms with Gasteiger partial charge >= 0.3 is 0 Å². The van der Waals surface area contributed by atoms with E-state index in [-0.39, 0.29) is 18.3 Å². The Labute approximate surface area is 159 Å². The maximum atomic E-state index is 12.2. The van der Waals surface area contributed by atoms with E-state index in [0.717, 1.165) is 16.3 Å². The normalized spacial score (nSPS) is 14.8. The largest absolute Gasteiger partial charge is 0.496 e. The Hall–Kier alpha value is -2.86. The van der Waals surface area contributed by atoms with Crippen LogP contribution in [0.4, 0.5) is 0 Å². The van der Waals surface area contributed by atoms with E-state index in [0.29, 0.717) is 29.0 Å². The minimum atomic E-state index is -2.59. The fourth-order valence-electron chi connectivity index (χ4n) is 2.98. The molecule has 0 bridgehead atoms. The van der Waals surface area contributed by atoms with Crippen molar-refractivity contribution in [2.24, 2.45) is 0 Å². The fraction of sp³-hybridized carbons (Fsp3) is 0.200. The molecule has 0 fully saturated rings. The number of hydrogen-bond acceptors (Lipinski definition) is 5. The summed E-state index contributed by atoms with van der Waals surface area (Å²) in [5.41, 5.74) is 3.31. The summed E-state index contributed by atoms with van der Waals surface area (Å²) in [6.07, 6.45) is 0. The Morgan fingerprint density at radius 3 is 2.92 bits per heavy atom. The number of nitrogens with one attached hydrogen (secondary N) is 1. The van der Waals surface area contributed by atoms with Crippen molar-refractivity contribution in [1.29, 1.82) is 0 Å². The number of ether oxygens (including phenoxy) is 2. The topological polar surface area (TPSA) is 60.5 Å². The minimum absolute atomic E-state index is 0.169. The maximum absolute atomic E-state index is 12.2. The van der Waals surface area contributed by atoms with Crippen molar-refractivity contribution >= 4 is 17.2 Å². The molecular formula is C20H18N2O3S. The van der Waals surface area contributed by atoms with E-state index in [9.17, 15) is 4.79 Å². The zero-order valence-electron chi connectivity index (χ0n) is 17.0. The highest BCUT2D eigenvalue weighted by Gasteiger charge is 2.23. The zero-order valence-corrected chi connectivity index (χ0v) is 14.9. The molecule has 132 valence electrons. The number of nitrogens with zero attached hydrogens (tertiary/aromatic N) is 1. The van der Waals surface area contributed by atoms with E-state index in [1.54, 1.807) is 41.7 Å². The number of hydrogen-bond donors (Lipinski definition) is 1. The molecule has 0 radical (unpaired) electrons. The van der Waals surface area contributed by atoms with E-state index >= 15 is 0 Å². The predicted molar refractivity (Wildman–Crippen MR) is 101 cm³/mol. The summed E-state index contributed by atoms with van der Waals surface area (Å²) in [7, 11) is -2.59. The fourth-order valence-corrected chi connectivity index (χ4v) is 3.58. The molecule has 2 heterocycles. The van der Waals surface area contributed by atoms with E-state index < -0.39 is 7.04 Å². The van der Waals surface area contributed by atoms with Crippen LogP contribution in [-0.2, 0) is 13.2 Å². The number of fused-ring (bicyclic) bond motifs is 1. The lowest BCUT2D eigenvalue weighted by atomic mass is 9.98. The van der Waals surface area contributed by atoms with Crippen LogP contribution < -0.4 is 14.8 Å². The third-order valence-electron chi connectivity index (χ3n) is 4.22. The summed E-state index contributed by atoms with van der Waals surface area (Å²) in [5, 5.41) is 5.67. The summed E-state index contributed by atoms with van der Waals surface area (Å²) >= 11 is 1.54. The van der Waals surface area contributed by atoms with Gasteiger partial charge < -0.3 is 14.8 Å². The molecule has 1 aliphatic heterocycles. The van der Waals surface area contributed by atoms with Crippen molar-refractivity contribution in [3.8, 4) is 22.6 Å². The number of carbonyl (C=O) groups is 1. The van der Waals surface area contributed by atoms with E-state index in [1.807, 2.05) is 18.4 Å². The molecule has 3 aromatic rings. The molecule has 5 nitrogen and oxygen atoms in total. The molecule has 1 N–H and O–H groups in total. The lowest BCUT2D eigenvalue weighted by Gasteiger charge is -2.15. The van der Waals surface area contributed by atoms with Gasteiger partial charge in [-0.05, 0) is 30.7 Å². The SMILES string of the molecule is [2H]C([2H])([2H])Oc1ccccc1-c1cc2c(cc1OCc1csc(C)n1)CNC2=O. The Kier molecular flexibility index (Phi) is 3.49. The third-order valence-corrected chi connectivity index (χ3v) is 5.04. The van der Waals surface area contributed by atoms with E-state index in [1.165, 1.54) is 0 Å². The molecule has 2 aromatic carbocycles. The van der Waals surface area contributed by atoms with Gasteiger partial charge in [0.15, 0.2) is 0 Å². The molecule has 1 aliphatic rings.